The van der Waals surface area contributed by atoms with Crippen LogP contribution in [0.4, 0.5) is 0 Å². The lowest BCUT2D eigenvalue weighted by Crippen LogP contribution is -2.26. The van der Waals surface area contributed by atoms with E-state index in [4.69, 9.17) is 5.73 Å². The molecule has 0 aliphatic carbocycles. The van der Waals surface area contributed by atoms with Gasteiger partial charge in [0.05, 0.1) is 6.04 Å². The van der Waals surface area contributed by atoms with Crippen LogP contribution in [0.2, 0.25) is 0 Å². The fourth-order valence-electron chi connectivity index (χ4n) is 1.57. The van der Waals surface area contributed by atoms with Gasteiger partial charge in [0, 0.05) is 10.3 Å². The quantitative estimate of drug-likeness (QED) is 0.789. The normalized spacial score (nSPS) is 13.0. The number of aryl methyl sites for hydroxylation is 1. The van der Waals surface area contributed by atoms with Gasteiger partial charge in [-0.3, -0.25) is 4.79 Å². The molecule has 1 unspecified atom stereocenters. The molecular weight excluding hydrogens is 206 g/mol. The number of carbonyl (C=O) groups excluding carboxylic acids is 1. The summed E-state index contributed by atoms with van der Waals surface area (Å²) in [5, 5.41) is 3.26. The molecule has 2 aromatic rings. The topological polar surface area (TPSA) is 43.1 Å². The van der Waals surface area contributed by atoms with Crippen LogP contribution in [0, 0.1) is 6.92 Å². The van der Waals surface area contributed by atoms with Gasteiger partial charge in [-0.15, -0.1) is 11.3 Å². The molecule has 3 heteroatoms. The molecule has 0 spiro atoms. The van der Waals surface area contributed by atoms with Crippen LogP contribution in [0.25, 0.3) is 10.1 Å². The minimum absolute atomic E-state index is 0.00231. The molecule has 78 valence electrons. The van der Waals surface area contributed by atoms with Crippen LogP contribution in [0.1, 0.15) is 22.8 Å². The van der Waals surface area contributed by atoms with Crippen molar-refractivity contribution in [3.8, 4) is 0 Å². The van der Waals surface area contributed by atoms with Gasteiger partial charge in [-0.2, -0.15) is 0 Å². The second-order valence-corrected chi connectivity index (χ2v) is 4.69. The second-order valence-electron chi connectivity index (χ2n) is 3.78. The smallest absolute Gasteiger partial charge is 0.179 e. The van der Waals surface area contributed by atoms with Crippen molar-refractivity contribution >= 4 is 27.2 Å². The fraction of sp³-hybridized carbons (Fsp3) is 0.250. The molecule has 0 saturated heterocycles. The Morgan fingerprint density at radius 3 is 2.87 bits per heavy atom. The number of benzene rings is 1. The zero-order chi connectivity index (χ0) is 11.0. The summed E-state index contributed by atoms with van der Waals surface area (Å²) in [5.74, 6) is 0.00231. The first-order valence-electron chi connectivity index (χ1n) is 4.87. The number of carbonyl (C=O) groups is 1. The lowest BCUT2D eigenvalue weighted by Gasteiger charge is -2.04. The third-order valence-electron chi connectivity index (χ3n) is 2.47. The van der Waals surface area contributed by atoms with Gasteiger partial charge in [0.2, 0.25) is 0 Å². The monoisotopic (exact) mass is 219 g/mol. The van der Waals surface area contributed by atoms with Gasteiger partial charge >= 0.3 is 0 Å². The van der Waals surface area contributed by atoms with Crippen LogP contribution in [-0.2, 0) is 0 Å². The molecule has 1 aromatic carbocycles. The standard InChI is InChI=1S/C12H13NOS/c1-7-6-15-11-4-3-9(5-10(7)11)12(14)8(2)13/h3-6,8H,13H2,1-2H3. The Hall–Kier alpha value is -1.19. The predicted molar refractivity (Wildman–Crippen MR) is 64.5 cm³/mol. The van der Waals surface area contributed by atoms with Gasteiger partial charge in [0.1, 0.15) is 0 Å². The van der Waals surface area contributed by atoms with E-state index in [0.717, 1.165) is 5.39 Å². The Labute approximate surface area is 92.7 Å². The average molecular weight is 219 g/mol. The molecule has 2 nitrogen and oxygen atoms in total. The summed E-state index contributed by atoms with van der Waals surface area (Å²) < 4.78 is 1.22. The molecule has 2 rings (SSSR count). The zero-order valence-electron chi connectivity index (χ0n) is 8.78. The molecular formula is C12H13NOS. The van der Waals surface area contributed by atoms with Crippen molar-refractivity contribution in [2.75, 3.05) is 0 Å². The van der Waals surface area contributed by atoms with E-state index in [1.807, 2.05) is 18.2 Å². The highest BCUT2D eigenvalue weighted by atomic mass is 32.1. The molecule has 15 heavy (non-hydrogen) atoms. The molecule has 0 amide bonds. The SMILES string of the molecule is Cc1csc2ccc(C(=O)C(C)N)cc12. The summed E-state index contributed by atoms with van der Waals surface area (Å²) in [6.07, 6.45) is 0. The summed E-state index contributed by atoms with van der Waals surface area (Å²) in [6.45, 7) is 3.77. The number of nitrogens with two attached hydrogens (primary N) is 1. The maximum absolute atomic E-state index is 11.7. The van der Waals surface area contributed by atoms with E-state index in [1.54, 1.807) is 18.3 Å². The van der Waals surface area contributed by atoms with Crippen molar-refractivity contribution < 1.29 is 4.79 Å². The Kier molecular flexibility index (Phi) is 2.59. The highest BCUT2D eigenvalue weighted by Gasteiger charge is 2.11. The van der Waals surface area contributed by atoms with Gasteiger partial charge in [-0.25, -0.2) is 0 Å². The molecule has 1 heterocycles. The summed E-state index contributed by atoms with van der Waals surface area (Å²) in [5.41, 5.74) is 7.50. The number of ketones is 1. The lowest BCUT2D eigenvalue weighted by atomic mass is 10.0. The largest absolute Gasteiger partial charge is 0.321 e. The number of Topliss-reactive ketones (excluding diaryl/α,β-unsaturated/α-hetero) is 1. The van der Waals surface area contributed by atoms with E-state index < -0.39 is 6.04 Å². The minimum Gasteiger partial charge on any atom is -0.321 e. The van der Waals surface area contributed by atoms with Crippen LogP contribution >= 0.6 is 11.3 Å². The Morgan fingerprint density at radius 2 is 2.20 bits per heavy atom. The Bertz CT molecular complexity index is 513. The number of rotatable bonds is 2. The van der Waals surface area contributed by atoms with Crippen LogP contribution in [0.15, 0.2) is 23.6 Å². The first-order valence-corrected chi connectivity index (χ1v) is 5.75. The molecule has 0 radical (unpaired) electrons. The average Bonchev–Trinajstić information content (AvgIpc) is 2.59. The van der Waals surface area contributed by atoms with Crippen molar-refractivity contribution in [1.82, 2.24) is 0 Å². The maximum Gasteiger partial charge on any atom is 0.179 e. The summed E-state index contributed by atoms with van der Waals surface area (Å²) in [6, 6.07) is 5.35. The van der Waals surface area contributed by atoms with Crippen molar-refractivity contribution in [1.29, 1.82) is 0 Å². The molecule has 0 saturated carbocycles. The van der Waals surface area contributed by atoms with Gasteiger partial charge in [0.15, 0.2) is 5.78 Å². The highest BCUT2D eigenvalue weighted by molar-refractivity contribution is 7.17. The van der Waals surface area contributed by atoms with Gasteiger partial charge < -0.3 is 5.73 Å². The van der Waals surface area contributed by atoms with Gasteiger partial charge in [-0.05, 0) is 48.4 Å². The zero-order valence-corrected chi connectivity index (χ0v) is 9.60. The Morgan fingerprint density at radius 1 is 1.47 bits per heavy atom. The Balaban J connectivity index is 2.55. The molecule has 0 aliphatic heterocycles. The molecule has 0 aliphatic rings. The van der Waals surface area contributed by atoms with Crippen LogP contribution < -0.4 is 5.73 Å². The van der Waals surface area contributed by atoms with E-state index in [9.17, 15) is 4.79 Å². The highest BCUT2D eigenvalue weighted by Crippen LogP contribution is 2.26. The molecule has 0 fully saturated rings. The van der Waals surface area contributed by atoms with Crippen molar-refractivity contribution in [3.63, 3.8) is 0 Å². The first-order chi connectivity index (χ1) is 7.09. The van der Waals surface area contributed by atoms with Crippen LogP contribution in [0.3, 0.4) is 0 Å². The van der Waals surface area contributed by atoms with Gasteiger partial charge in [-0.1, -0.05) is 0 Å². The number of thiophene rings is 1. The first kappa shape index (κ1) is 10.3. The van der Waals surface area contributed by atoms with Crippen LogP contribution in [-0.4, -0.2) is 11.8 Å². The van der Waals surface area contributed by atoms with Crippen molar-refractivity contribution in [3.05, 3.63) is 34.7 Å². The molecule has 1 atom stereocenters. The number of hydrogen-bond donors (Lipinski definition) is 1. The summed E-state index contributed by atoms with van der Waals surface area (Å²) in [7, 11) is 0. The number of fused-ring (bicyclic) bond motifs is 1. The summed E-state index contributed by atoms with van der Waals surface area (Å²) in [4.78, 5) is 11.7. The molecule has 1 aromatic heterocycles. The second kappa shape index (κ2) is 3.76. The third-order valence-corrected chi connectivity index (χ3v) is 3.55. The van der Waals surface area contributed by atoms with E-state index in [-0.39, 0.29) is 5.78 Å². The number of hydrogen-bond acceptors (Lipinski definition) is 3. The van der Waals surface area contributed by atoms with Crippen molar-refractivity contribution in [2.24, 2.45) is 5.73 Å². The van der Waals surface area contributed by atoms with E-state index in [1.165, 1.54) is 10.3 Å². The molecule has 2 N–H and O–H groups in total. The van der Waals surface area contributed by atoms with Crippen molar-refractivity contribution in [2.45, 2.75) is 19.9 Å². The van der Waals surface area contributed by atoms with Gasteiger partial charge in [0.25, 0.3) is 0 Å². The maximum atomic E-state index is 11.7. The minimum atomic E-state index is -0.429. The lowest BCUT2D eigenvalue weighted by molar-refractivity contribution is 0.0968. The van der Waals surface area contributed by atoms with E-state index in [2.05, 4.69) is 12.3 Å². The fourth-order valence-corrected chi connectivity index (χ4v) is 2.50. The predicted octanol–water partition coefficient (Wildman–Crippen LogP) is 2.74. The van der Waals surface area contributed by atoms with Crippen LogP contribution in [0.5, 0.6) is 0 Å². The van der Waals surface area contributed by atoms with E-state index in [0.29, 0.717) is 5.56 Å². The summed E-state index contributed by atoms with van der Waals surface area (Å²) >= 11 is 1.70. The third kappa shape index (κ3) is 1.80. The van der Waals surface area contributed by atoms with E-state index >= 15 is 0 Å². The molecule has 0 bridgehead atoms.